The van der Waals surface area contributed by atoms with Crippen molar-refractivity contribution in [3.05, 3.63) is 39.9 Å². The number of aliphatic hydroxyl groups is 2. The molecule has 0 radical (unpaired) electrons. The summed E-state index contributed by atoms with van der Waals surface area (Å²) in [6.45, 7) is 1.52. The van der Waals surface area contributed by atoms with Crippen molar-refractivity contribution in [1.29, 1.82) is 0 Å². The van der Waals surface area contributed by atoms with Crippen molar-refractivity contribution in [3.63, 3.8) is 0 Å². The number of para-hydroxylation sites is 1. The van der Waals surface area contributed by atoms with Gasteiger partial charge >= 0.3 is 0 Å². The number of nitrogens with zero attached hydrogens (tertiary/aromatic N) is 2. The van der Waals surface area contributed by atoms with Gasteiger partial charge in [-0.15, -0.1) is 0 Å². The predicted octanol–water partition coefficient (Wildman–Crippen LogP) is 0.424. The van der Waals surface area contributed by atoms with E-state index in [1.807, 2.05) is 4.90 Å². The molecule has 6 heteroatoms. The van der Waals surface area contributed by atoms with Crippen LogP contribution in [0.15, 0.2) is 24.3 Å². The molecule has 0 aromatic heterocycles. The van der Waals surface area contributed by atoms with Crippen LogP contribution in [0, 0.1) is 10.1 Å². The molecule has 0 bridgehead atoms. The van der Waals surface area contributed by atoms with Crippen molar-refractivity contribution in [2.75, 3.05) is 32.8 Å². The minimum Gasteiger partial charge on any atom is -0.395 e. The fourth-order valence-electron chi connectivity index (χ4n) is 1.80. The summed E-state index contributed by atoms with van der Waals surface area (Å²) >= 11 is 0. The van der Waals surface area contributed by atoms with E-state index in [1.54, 1.807) is 18.2 Å². The molecule has 1 rings (SSSR count). The Labute approximate surface area is 106 Å². The number of rotatable bonds is 8. The first-order chi connectivity index (χ1) is 8.69. The summed E-state index contributed by atoms with van der Waals surface area (Å²) in [6, 6.07) is 6.62. The Hall–Kier alpha value is -1.50. The Balaban J connectivity index is 2.63. The summed E-state index contributed by atoms with van der Waals surface area (Å²) in [7, 11) is 0. The van der Waals surface area contributed by atoms with E-state index in [-0.39, 0.29) is 18.9 Å². The zero-order valence-corrected chi connectivity index (χ0v) is 10.2. The lowest BCUT2D eigenvalue weighted by molar-refractivity contribution is -0.385. The largest absolute Gasteiger partial charge is 0.395 e. The molecule has 0 spiro atoms. The van der Waals surface area contributed by atoms with Gasteiger partial charge in [0.25, 0.3) is 5.69 Å². The number of hydrogen-bond donors (Lipinski definition) is 2. The van der Waals surface area contributed by atoms with Gasteiger partial charge in [-0.05, 0) is 6.42 Å². The number of nitro benzene ring substituents is 1. The normalized spacial score (nSPS) is 10.8. The second-order valence-corrected chi connectivity index (χ2v) is 3.92. The highest BCUT2D eigenvalue weighted by Gasteiger charge is 2.13. The zero-order valence-electron chi connectivity index (χ0n) is 10.2. The van der Waals surface area contributed by atoms with Crippen LogP contribution in [0.1, 0.15) is 5.56 Å². The molecule has 2 N–H and O–H groups in total. The Morgan fingerprint density at radius 3 is 2.28 bits per heavy atom. The van der Waals surface area contributed by atoms with Crippen LogP contribution in [0.25, 0.3) is 0 Å². The molecular formula is C12H18N2O4. The molecule has 0 heterocycles. The SMILES string of the molecule is O=[N+]([O-])c1ccccc1CCN(CCO)CCO. The van der Waals surface area contributed by atoms with Gasteiger partial charge in [-0.3, -0.25) is 15.0 Å². The monoisotopic (exact) mass is 254 g/mol. The Morgan fingerprint density at radius 1 is 1.11 bits per heavy atom. The van der Waals surface area contributed by atoms with E-state index in [4.69, 9.17) is 10.2 Å². The van der Waals surface area contributed by atoms with Crippen LogP contribution < -0.4 is 0 Å². The number of benzene rings is 1. The molecule has 0 unspecified atom stereocenters. The molecule has 1 aromatic carbocycles. The van der Waals surface area contributed by atoms with E-state index in [0.29, 0.717) is 31.6 Å². The van der Waals surface area contributed by atoms with E-state index in [2.05, 4.69) is 0 Å². The maximum absolute atomic E-state index is 10.8. The topological polar surface area (TPSA) is 86.8 Å². The zero-order chi connectivity index (χ0) is 13.4. The van der Waals surface area contributed by atoms with Crippen molar-refractivity contribution >= 4 is 5.69 Å². The molecule has 0 aliphatic carbocycles. The first-order valence-electron chi connectivity index (χ1n) is 5.85. The average Bonchev–Trinajstić information content (AvgIpc) is 2.36. The molecule has 0 saturated heterocycles. The smallest absolute Gasteiger partial charge is 0.272 e. The first kappa shape index (κ1) is 14.6. The summed E-state index contributed by atoms with van der Waals surface area (Å²) in [4.78, 5) is 12.3. The minimum absolute atomic E-state index is 0.0108. The summed E-state index contributed by atoms with van der Waals surface area (Å²) in [5.74, 6) is 0. The maximum Gasteiger partial charge on any atom is 0.272 e. The Bertz CT molecular complexity index is 378. The van der Waals surface area contributed by atoms with Gasteiger partial charge in [0.1, 0.15) is 0 Å². The Kier molecular flexibility index (Phi) is 6.27. The van der Waals surface area contributed by atoms with Crippen LogP contribution in [0.2, 0.25) is 0 Å². The third-order valence-corrected chi connectivity index (χ3v) is 2.72. The lowest BCUT2D eigenvalue weighted by Crippen LogP contribution is -2.31. The summed E-state index contributed by atoms with van der Waals surface area (Å²) < 4.78 is 0. The highest BCUT2D eigenvalue weighted by atomic mass is 16.6. The van der Waals surface area contributed by atoms with E-state index >= 15 is 0 Å². The van der Waals surface area contributed by atoms with Gasteiger partial charge in [-0.25, -0.2) is 0 Å². The fraction of sp³-hybridized carbons (Fsp3) is 0.500. The summed E-state index contributed by atoms with van der Waals surface area (Å²) in [5.41, 5.74) is 0.786. The second kappa shape index (κ2) is 7.75. The first-order valence-corrected chi connectivity index (χ1v) is 5.85. The highest BCUT2D eigenvalue weighted by Crippen LogP contribution is 2.18. The van der Waals surface area contributed by atoms with Crippen LogP contribution in [-0.2, 0) is 6.42 Å². The fourth-order valence-corrected chi connectivity index (χ4v) is 1.80. The van der Waals surface area contributed by atoms with Crippen molar-refractivity contribution in [1.82, 2.24) is 4.90 Å². The number of nitro groups is 1. The second-order valence-electron chi connectivity index (χ2n) is 3.92. The molecular weight excluding hydrogens is 236 g/mol. The molecule has 100 valence electrons. The van der Waals surface area contributed by atoms with Crippen LogP contribution in [0.5, 0.6) is 0 Å². The lowest BCUT2D eigenvalue weighted by atomic mass is 10.1. The number of hydrogen-bond acceptors (Lipinski definition) is 5. The molecule has 1 aromatic rings. The quantitative estimate of drug-likeness (QED) is 0.518. The van der Waals surface area contributed by atoms with E-state index in [1.165, 1.54) is 6.07 Å². The van der Waals surface area contributed by atoms with Gasteiger partial charge in [0, 0.05) is 31.3 Å². The molecule has 6 nitrogen and oxygen atoms in total. The predicted molar refractivity (Wildman–Crippen MR) is 67.4 cm³/mol. The third-order valence-electron chi connectivity index (χ3n) is 2.72. The average molecular weight is 254 g/mol. The summed E-state index contributed by atoms with van der Waals surface area (Å²) in [5, 5.41) is 28.6. The Morgan fingerprint density at radius 2 is 1.72 bits per heavy atom. The van der Waals surface area contributed by atoms with Crippen LogP contribution >= 0.6 is 0 Å². The minimum atomic E-state index is -0.391. The van der Waals surface area contributed by atoms with Crippen molar-refractivity contribution < 1.29 is 15.1 Å². The molecule has 0 amide bonds. The molecule has 0 fully saturated rings. The molecule has 0 aliphatic rings. The van der Waals surface area contributed by atoms with Gasteiger partial charge in [-0.2, -0.15) is 0 Å². The number of aliphatic hydroxyl groups excluding tert-OH is 2. The molecule has 18 heavy (non-hydrogen) atoms. The van der Waals surface area contributed by atoms with Crippen LogP contribution in [0.3, 0.4) is 0 Å². The molecule has 0 saturated carbocycles. The van der Waals surface area contributed by atoms with Gasteiger partial charge in [0.2, 0.25) is 0 Å². The van der Waals surface area contributed by atoms with Gasteiger partial charge in [-0.1, -0.05) is 18.2 Å². The van der Waals surface area contributed by atoms with Crippen molar-refractivity contribution in [3.8, 4) is 0 Å². The third kappa shape index (κ3) is 4.40. The van der Waals surface area contributed by atoms with Gasteiger partial charge in [0.05, 0.1) is 18.1 Å². The maximum atomic E-state index is 10.8. The highest BCUT2D eigenvalue weighted by molar-refractivity contribution is 5.39. The molecule has 0 aliphatic heterocycles. The van der Waals surface area contributed by atoms with Gasteiger partial charge < -0.3 is 10.2 Å². The summed E-state index contributed by atoms with van der Waals surface area (Å²) in [6.07, 6.45) is 0.525. The van der Waals surface area contributed by atoms with E-state index in [0.717, 1.165) is 0 Å². The van der Waals surface area contributed by atoms with Gasteiger partial charge in [0.15, 0.2) is 0 Å². The van der Waals surface area contributed by atoms with E-state index in [9.17, 15) is 10.1 Å². The van der Waals surface area contributed by atoms with Crippen molar-refractivity contribution in [2.45, 2.75) is 6.42 Å². The van der Waals surface area contributed by atoms with E-state index < -0.39 is 4.92 Å². The standard InChI is InChI=1S/C12H18N2O4/c15-9-7-13(8-10-16)6-5-11-3-1-2-4-12(11)14(17)18/h1-4,15-16H,5-10H2. The molecule has 0 atom stereocenters. The van der Waals surface area contributed by atoms with Crippen LogP contribution in [-0.4, -0.2) is 52.9 Å². The lowest BCUT2D eigenvalue weighted by Gasteiger charge is -2.19. The van der Waals surface area contributed by atoms with Crippen LogP contribution in [0.4, 0.5) is 5.69 Å². The van der Waals surface area contributed by atoms with Crippen molar-refractivity contribution in [2.24, 2.45) is 0 Å².